The number of thiophene rings is 4. The normalized spacial score (nSPS) is 10.5. The van der Waals surface area contributed by atoms with Gasteiger partial charge in [-0.1, -0.05) is 99.2 Å². The fourth-order valence-electron chi connectivity index (χ4n) is 7.97. The number of ether oxygens (including phenoxy) is 1. The zero-order valence-electron chi connectivity index (χ0n) is 49.8. The van der Waals surface area contributed by atoms with Crippen molar-refractivity contribution >= 4 is 183 Å². The summed E-state index contributed by atoms with van der Waals surface area (Å²) in [6, 6.07) is 24.6. The number of ketones is 1. The molecule has 0 saturated heterocycles. The van der Waals surface area contributed by atoms with E-state index in [-0.39, 0.29) is 48.1 Å². The number of Topliss-reactive ketones (excluding diaryl/α,β-unsaturated/α-hetero) is 1. The number of amidine groups is 1. The summed E-state index contributed by atoms with van der Waals surface area (Å²) >= 11 is 41.4. The molecule has 0 bridgehead atoms. The summed E-state index contributed by atoms with van der Waals surface area (Å²) in [5.41, 5.74) is 18.7. The number of hydrogen-bond donors (Lipinski definition) is 6. The van der Waals surface area contributed by atoms with Crippen molar-refractivity contribution in [3.63, 3.8) is 0 Å². The first kappa shape index (κ1) is 81.4. The maximum atomic E-state index is 11.7. The van der Waals surface area contributed by atoms with E-state index in [2.05, 4.69) is 63.7 Å². The van der Waals surface area contributed by atoms with Crippen molar-refractivity contribution in [2.45, 2.75) is 102 Å². The third-order valence-corrected chi connectivity index (χ3v) is 19.0. The van der Waals surface area contributed by atoms with Crippen molar-refractivity contribution in [1.82, 2.24) is 29.9 Å². The van der Waals surface area contributed by atoms with Gasteiger partial charge in [0, 0.05) is 49.3 Å². The van der Waals surface area contributed by atoms with Gasteiger partial charge < -0.3 is 31.4 Å². The molecule has 7 aromatic heterocycles. The number of aryl methyl sites for hydroxylation is 3. The van der Waals surface area contributed by atoms with Gasteiger partial charge >= 0.3 is 17.9 Å². The summed E-state index contributed by atoms with van der Waals surface area (Å²) in [6.07, 6.45) is 3.42. The third kappa shape index (κ3) is 25.0. The summed E-state index contributed by atoms with van der Waals surface area (Å²) in [7, 11) is 0. The molecule has 488 valence electrons. The number of aromatic carboxylic acids is 2. The van der Waals surface area contributed by atoms with Crippen molar-refractivity contribution in [2.24, 2.45) is 11.7 Å². The number of nitrogens with zero attached hydrogens (tertiary/aromatic N) is 5. The quantitative estimate of drug-likeness (QED) is 0.0139. The fraction of sp³-hybridized carbons (Fsp3) is 0.274. The van der Waals surface area contributed by atoms with Crippen LogP contribution in [0.1, 0.15) is 126 Å². The van der Waals surface area contributed by atoms with Gasteiger partial charge in [0.25, 0.3) is 5.56 Å². The van der Waals surface area contributed by atoms with Crippen LogP contribution in [0.2, 0.25) is 22.5 Å². The van der Waals surface area contributed by atoms with E-state index in [4.69, 9.17) is 89.7 Å². The second-order valence-electron chi connectivity index (χ2n) is 18.5. The lowest BCUT2D eigenvalue weighted by Gasteiger charge is -2.12. The van der Waals surface area contributed by atoms with Crippen LogP contribution in [0, 0.1) is 32.1 Å². The average Bonchev–Trinajstić information content (AvgIpc) is 2.17. The number of aromatic nitrogens is 6. The van der Waals surface area contributed by atoms with Crippen molar-refractivity contribution in [2.75, 3.05) is 12.3 Å². The number of carboxylic acid groups (broad SMARTS) is 2. The molecule has 0 spiro atoms. The van der Waals surface area contributed by atoms with Crippen LogP contribution in [0.15, 0.2) is 98.7 Å². The highest BCUT2D eigenvalue weighted by molar-refractivity contribution is 9.10. The summed E-state index contributed by atoms with van der Waals surface area (Å²) in [6.45, 7) is 17.1. The Labute approximate surface area is 592 Å². The van der Waals surface area contributed by atoms with E-state index in [1.54, 1.807) is 56.3 Å². The number of nitrogen functional groups attached to an aromatic ring is 2. The molecule has 8 N–H and O–H groups in total. The van der Waals surface area contributed by atoms with Crippen LogP contribution in [0.25, 0.3) is 32.1 Å². The maximum absolute atomic E-state index is 11.7. The van der Waals surface area contributed by atoms with E-state index in [0.717, 1.165) is 81.7 Å². The minimum atomic E-state index is -0.982. The highest BCUT2D eigenvalue weighted by atomic mass is 79.9. The van der Waals surface area contributed by atoms with Crippen molar-refractivity contribution in [3.8, 4) is 32.1 Å². The minimum absolute atomic E-state index is 0. The van der Waals surface area contributed by atoms with Crippen LogP contribution in [-0.2, 0) is 40.0 Å². The average molecular weight is 1570 g/mol. The van der Waals surface area contributed by atoms with Gasteiger partial charge in [-0.25, -0.2) is 34.5 Å². The number of hydrogen-bond acceptors (Lipinski definition) is 17. The fourth-order valence-corrected chi connectivity index (χ4v) is 13.0. The zero-order valence-corrected chi connectivity index (χ0v) is 60.9. The largest absolute Gasteiger partial charge is 0.478 e. The molecule has 9 rings (SSSR count). The lowest BCUT2D eigenvalue weighted by Crippen LogP contribution is -2.23. The molecule has 0 aliphatic rings. The van der Waals surface area contributed by atoms with Crippen LogP contribution in [-0.4, -0.2) is 76.3 Å². The van der Waals surface area contributed by atoms with Crippen LogP contribution in [0.3, 0.4) is 0 Å². The Kier molecular flexibility index (Phi) is 35.6. The third-order valence-electron chi connectivity index (χ3n) is 12.3. The molecular weight excluding hydrogens is 1500 g/mol. The van der Waals surface area contributed by atoms with Gasteiger partial charge in [0.05, 0.1) is 60.3 Å². The van der Waals surface area contributed by atoms with Crippen molar-refractivity contribution in [1.29, 1.82) is 5.41 Å². The Morgan fingerprint density at radius 1 is 0.637 bits per heavy atom. The SMILES string of the molecule is C.CCOC(=O)C(CC)C(C)=O.CCc1c(C)nc(-c2ccc(Cl)s2)[nH]c1=O.CCc1c(C)nc(-c2ccc(Cl)s2)nc1Cc1ccc(Br)c(C(=O)O)c1.CCc1c(C)nc(-c2ccc(Cl)s2)nc1Cl.Cl.N=C(N)c1ccc(Cl)s1.Nc1ccc(Br)c(C(=O)O)c1. The summed E-state index contributed by atoms with van der Waals surface area (Å²) < 4.78 is 8.59. The molecule has 0 fully saturated rings. The molecule has 91 heavy (non-hydrogen) atoms. The number of aromatic amines is 1. The number of carbonyl (C=O) groups is 4. The number of rotatable bonds is 15. The number of H-pyrrole nitrogens is 1. The molecule has 9 aromatic rings. The number of carboxylic acids is 2. The Morgan fingerprint density at radius 3 is 1.49 bits per heavy atom. The van der Waals surface area contributed by atoms with Gasteiger partial charge in [0.1, 0.15) is 22.7 Å². The van der Waals surface area contributed by atoms with Gasteiger partial charge in [0.2, 0.25) is 0 Å². The summed E-state index contributed by atoms with van der Waals surface area (Å²) in [5, 5.41) is 25.4. The number of esters is 1. The van der Waals surface area contributed by atoms with E-state index < -0.39 is 23.8 Å². The zero-order chi connectivity index (χ0) is 66.4. The van der Waals surface area contributed by atoms with Crippen LogP contribution in [0.4, 0.5) is 5.69 Å². The van der Waals surface area contributed by atoms with E-state index in [9.17, 15) is 29.1 Å². The van der Waals surface area contributed by atoms with Crippen LogP contribution in [0.5, 0.6) is 0 Å². The standard InChI is InChI=1S/C19H16BrClN2O2S.C11H10Cl2N2S.C11H11ClN2OS.C8H14O3.C7H6BrNO2.C5H5ClN2S.CH4.ClH/c1-3-12-10(2)22-18(16-6-7-17(21)26-16)23-15(12)9-11-4-5-14(20)13(8-11)19(24)25;1-3-7-6(2)14-11(15-10(7)13)8-4-5-9(12)16-8;1-3-7-6(2)13-10(14-11(7)15)8-4-5-9(12)16-8;1-4-7(6(3)9)8(10)11-5-2;8-6-2-1-4(9)3-5(6)7(10)11;6-4-2-1-3(9-4)5(7)8;;/h4-8H,3,9H2,1-2H3,(H,24,25);4-5H,3H2,1-2H3;4-5H,3H2,1-2H3,(H,13,14,15);7H,4-5H2,1-3H3;1-3H,9H2,(H,10,11);1-2H,(H3,7,8);1H4;1H. The molecule has 0 radical (unpaired) electrons. The Hall–Kier alpha value is -5.67. The van der Waals surface area contributed by atoms with Crippen LogP contribution < -0.4 is 17.0 Å². The van der Waals surface area contributed by atoms with E-state index in [1.165, 1.54) is 58.3 Å². The summed E-state index contributed by atoms with van der Waals surface area (Å²) in [5.74, 6) is -1.04. The van der Waals surface area contributed by atoms with E-state index >= 15 is 0 Å². The second kappa shape index (κ2) is 39.8. The predicted octanol–water partition coefficient (Wildman–Crippen LogP) is 18.8. The molecule has 7 heterocycles. The van der Waals surface area contributed by atoms with Gasteiger partial charge in [0.15, 0.2) is 17.5 Å². The Balaban J connectivity index is 0.000000385. The molecule has 29 heteroatoms. The number of nitrogens with one attached hydrogen (secondary N) is 2. The predicted molar refractivity (Wildman–Crippen MR) is 386 cm³/mol. The molecular formula is C62H67Br2Cl6N9O8S4. The second-order valence-corrected chi connectivity index (χ2v) is 27.4. The molecule has 0 saturated carbocycles. The van der Waals surface area contributed by atoms with Crippen molar-refractivity contribution < 1.29 is 34.1 Å². The van der Waals surface area contributed by atoms with Gasteiger partial charge in [-0.2, -0.15) is 0 Å². The van der Waals surface area contributed by atoms with Gasteiger partial charge in [-0.15, -0.1) is 57.8 Å². The molecule has 0 aliphatic heterocycles. The molecule has 1 unspecified atom stereocenters. The Bertz CT molecular complexity index is 3990. The van der Waals surface area contributed by atoms with Gasteiger partial charge in [-0.05, 0) is 182 Å². The highest BCUT2D eigenvalue weighted by Gasteiger charge is 2.22. The lowest BCUT2D eigenvalue weighted by molar-refractivity contribution is -0.151. The topological polar surface area (TPSA) is 291 Å². The molecule has 0 aliphatic carbocycles. The number of carbonyl (C=O) groups excluding carboxylic acids is 2. The number of anilines is 1. The Morgan fingerprint density at radius 2 is 1.10 bits per heavy atom. The van der Waals surface area contributed by atoms with Gasteiger partial charge in [-0.3, -0.25) is 19.8 Å². The van der Waals surface area contributed by atoms with Crippen molar-refractivity contribution in [3.05, 3.63) is 188 Å². The molecule has 0 amide bonds. The number of nitrogens with two attached hydrogens (primary N) is 2. The monoisotopic (exact) mass is 1560 g/mol. The van der Waals surface area contributed by atoms with E-state index in [0.29, 0.717) is 76.1 Å². The number of halogens is 8. The molecule has 2 aromatic carbocycles. The molecule has 1 atom stereocenters. The van der Waals surface area contributed by atoms with Crippen LogP contribution >= 0.6 is 148 Å². The first-order valence-corrected chi connectivity index (χ1v) is 33.6. The smallest absolute Gasteiger partial charge is 0.336 e. The minimum Gasteiger partial charge on any atom is -0.478 e. The van der Waals surface area contributed by atoms with E-state index in [1.807, 2.05) is 71.0 Å². The highest BCUT2D eigenvalue weighted by Crippen LogP contribution is 2.33. The number of benzene rings is 2. The summed E-state index contributed by atoms with van der Waals surface area (Å²) in [4.78, 5) is 84.1. The first-order chi connectivity index (χ1) is 42.0. The first-order valence-electron chi connectivity index (χ1n) is 26.9. The lowest BCUT2D eigenvalue weighted by atomic mass is 10.0. The molecule has 17 nitrogen and oxygen atoms in total. The maximum Gasteiger partial charge on any atom is 0.336 e.